The summed E-state index contributed by atoms with van der Waals surface area (Å²) in [6, 6.07) is 7.82. The van der Waals surface area contributed by atoms with Crippen molar-refractivity contribution in [1.82, 2.24) is 15.5 Å². The predicted octanol–water partition coefficient (Wildman–Crippen LogP) is 3.70. The monoisotopic (exact) mass is 531 g/mol. The van der Waals surface area contributed by atoms with Gasteiger partial charge in [0.25, 0.3) is 0 Å². The number of aliphatic imine (C=N–C) groups is 1. The highest BCUT2D eigenvalue weighted by atomic mass is 127. The average Bonchev–Trinajstić information content (AvgIpc) is 2.65. The normalized spacial score (nSPS) is 15.8. The number of hydrogen-bond acceptors (Lipinski definition) is 4. The number of hydrogen-bond donors (Lipinski definition) is 3. The second-order valence-corrected chi connectivity index (χ2v) is 8.70. The van der Waals surface area contributed by atoms with Gasteiger partial charge in [0.05, 0.1) is 0 Å². The van der Waals surface area contributed by atoms with Crippen LogP contribution in [0.1, 0.15) is 39.2 Å². The van der Waals surface area contributed by atoms with Gasteiger partial charge < -0.3 is 20.3 Å². The van der Waals surface area contributed by atoms with Crippen molar-refractivity contribution in [2.24, 2.45) is 10.9 Å². The number of anilines is 1. The molecular weight excluding hydrogens is 493 g/mol. The molecule has 7 nitrogen and oxygen atoms in total. The maximum atomic E-state index is 11.8. The number of carbonyl (C=O) groups is 1. The molecule has 0 saturated carbocycles. The summed E-state index contributed by atoms with van der Waals surface area (Å²) in [5.41, 5.74) is 1.42. The van der Waals surface area contributed by atoms with Crippen molar-refractivity contribution in [1.29, 1.82) is 0 Å². The van der Waals surface area contributed by atoms with Crippen molar-refractivity contribution in [2.45, 2.75) is 45.6 Å². The van der Waals surface area contributed by atoms with Gasteiger partial charge in [-0.2, -0.15) is 0 Å². The van der Waals surface area contributed by atoms with E-state index >= 15 is 0 Å². The Morgan fingerprint density at radius 3 is 2.37 bits per heavy atom. The van der Waals surface area contributed by atoms with Gasteiger partial charge in [0, 0.05) is 25.8 Å². The number of amides is 1. The Morgan fingerprint density at radius 1 is 1.17 bits per heavy atom. The first-order chi connectivity index (χ1) is 13.7. The van der Waals surface area contributed by atoms with Gasteiger partial charge in [-0.05, 0) is 83.8 Å². The van der Waals surface area contributed by atoms with Crippen molar-refractivity contribution in [3.05, 3.63) is 29.8 Å². The molecule has 1 aromatic carbocycles. The quantitative estimate of drug-likeness (QED) is 0.297. The van der Waals surface area contributed by atoms with E-state index < -0.39 is 11.7 Å². The zero-order chi connectivity index (χ0) is 21.3. The summed E-state index contributed by atoms with van der Waals surface area (Å²) in [5, 5.41) is 9.58. The van der Waals surface area contributed by atoms with Crippen molar-refractivity contribution < 1.29 is 9.53 Å². The van der Waals surface area contributed by atoms with Gasteiger partial charge in [-0.15, -0.1) is 24.0 Å². The molecule has 1 aliphatic rings. The Morgan fingerprint density at radius 2 is 1.80 bits per heavy atom. The Kier molecular flexibility index (Phi) is 11.5. The van der Waals surface area contributed by atoms with Crippen LogP contribution in [0.3, 0.4) is 0 Å². The third-order valence-electron chi connectivity index (χ3n) is 4.93. The van der Waals surface area contributed by atoms with Gasteiger partial charge in [-0.3, -0.25) is 10.3 Å². The van der Waals surface area contributed by atoms with E-state index in [1.54, 1.807) is 7.05 Å². The predicted molar refractivity (Wildman–Crippen MR) is 135 cm³/mol. The molecule has 0 aromatic heterocycles. The van der Waals surface area contributed by atoms with E-state index in [1.165, 1.54) is 31.5 Å². The first-order valence-corrected chi connectivity index (χ1v) is 10.5. The lowest BCUT2D eigenvalue weighted by Crippen LogP contribution is -2.42. The Labute approximate surface area is 198 Å². The average molecular weight is 531 g/mol. The van der Waals surface area contributed by atoms with E-state index in [2.05, 4.69) is 32.9 Å². The molecule has 1 aromatic rings. The molecule has 0 aliphatic carbocycles. The first-order valence-electron chi connectivity index (χ1n) is 10.5. The van der Waals surface area contributed by atoms with E-state index in [-0.39, 0.29) is 24.0 Å². The van der Waals surface area contributed by atoms with Crippen molar-refractivity contribution in [3.8, 4) is 0 Å². The van der Waals surface area contributed by atoms with Crippen LogP contribution in [0.15, 0.2) is 29.3 Å². The molecule has 1 aliphatic heterocycles. The zero-order valence-electron chi connectivity index (χ0n) is 19.0. The van der Waals surface area contributed by atoms with Gasteiger partial charge in [0.1, 0.15) is 5.60 Å². The molecule has 0 bridgehead atoms. The number of ether oxygens (including phenoxy) is 1. The second-order valence-electron chi connectivity index (χ2n) is 8.70. The van der Waals surface area contributed by atoms with E-state index in [0.717, 1.165) is 37.1 Å². The summed E-state index contributed by atoms with van der Waals surface area (Å²) >= 11 is 0. The molecule has 1 amide bonds. The molecule has 170 valence electrons. The number of carbonyl (C=O) groups excluding carboxylic acids is 1. The fraction of sp³-hybridized carbons (Fsp3) is 0.636. The van der Waals surface area contributed by atoms with E-state index in [1.807, 2.05) is 45.0 Å². The minimum atomic E-state index is -0.504. The van der Waals surface area contributed by atoms with Crippen LogP contribution in [0.25, 0.3) is 0 Å². The summed E-state index contributed by atoms with van der Waals surface area (Å²) < 4.78 is 5.26. The van der Waals surface area contributed by atoms with Crippen LogP contribution in [0.5, 0.6) is 0 Å². The third-order valence-corrected chi connectivity index (χ3v) is 4.93. The van der Waals surface area contributed by atoms with Gasteiger partial charge in [-0.1, -0.05) is 12.1 Å². The molecule has 0 unspecified atom stereocenters. The van der Waals surface area contributed by atoms with E-state index in [9.17, 15) is 4.79 Å². The highest BCUT2D eigenvalue weighted by molar-refractivity contribution is 14.0. The maximum Gasteiger partial charge on any atom is 0.412 e. The molecule has 30 heavy (non-hydrogen) atoms. The van der Waals surface area contributed by atoms with Gasteiger partial charge >= 0.3 is 6.09 Å². The fourth-order valence-electron chi connectivity index (χ4n) is 3.23. The molecule has 0 atom stereocenters. The van der Waals surface area contributed by atoms with E-state index in [4.69, 9.17) is 4.74 Å². The van der Waals surface area contributed by atoms with Crippen LogP contribution in [-0.2, 0) is 11.2 Å². The van der Waals surface area contributed by atoms with Crippen LogP contribution in [-0.4, -0.2) is 62.8 Å². The smallest absolute Gasteiger partial charge is 0.412 e. The number of rotatable bonds is 6. The third kappa shape index (κ3) is 10.5. The van der Waals surface area contributed by atoms with Crippen molar-refractivity contribution in [2.75, 3.05) is 45.6 Å². The highest BCUT2D eigenvalue weighted by Gasteiger charge is 2.17. The van der Waals surface area contributed by atoms with E-state index in [0.29, 0.717) is 0 Å². The summed E-state index contributed by atoms with van der Waals surface area (Å²) in [4.78, 5) is 18.5. The standard InChI is InChI=1S/C22H37N5O2.HI/c1-22(2,3)29-21(28)26-19-8-6-17(7-9-19)10-13-24-20(23-4)25-16-18-11-14-27(5)15-12-18;/h6-9,18H,10-16H2,1-5H3,(H,26,28)(H2,23,24,25);1H. The van der Waals surface area contributed by atoms with Gasteiger partial charge in [0.15, 0.2) is 5.96 Å². The van der Waals surface area contributed by atoms with Gasteiger partial charge in [0.2, 0.25) is 0 Å². The van der Waals surface area contributed by atoms with Gasteiger partial charge in [-0.25, -0.2) is 4.79 Å². The zero-order valence-corrected chi connectivity index (χ0v) is 21.3. The molecule has 1 heterocycles. The number of nitrogens with zero attached hydrogens (tertiary/aromatic N) is 2. The van der Waals surface area contributed by atoms with Crippen LogP contribution >= 0.6 is 24.0 Å². The minimum absolute atomic E-state index is 0. The molecule has 0 radical (unpaired) electrons. The molecule has 2 rings (SSSR count). The van der Waals surface area contributed by atoms with Crippen LogP contribution in [0, 0.1) is 5.92 Å². The van der Waals surface area contributed by atoms with Crippen molar-refractivity contribution >= 4 is 41.7 Å². The SMILES string of the molecule is CN=C(NCCc1ccc(NC(=O)OC(C)(C)C)cc1)NCC1CCN(C)CC1.I. The second kappa shape index (κ2) is 13.0. The number of benzene rings is 1. The molecule has 3 N–H and O–H groups in total. The Hall–Kier alpha value is -1.55. The molecule has 1 fully saturated rings. The number of piperidine rings is 1. The molecule has 1 saturated heterocycles. The topological polar surface area (TPSA) is 78.0 Å². The minimum Gasteiger partial charge on any atom is -0.444 e. The van der Waals surface area contributed by atoms with Crippen LogP contribution in [0.2, 0.25) is 0 Å². The lowest BCUT2D eigenvalue weighted by molar-refractivity contribution is 0.0636. The summed E-state index contributed by atoms with van der Waals surface area (Å²) in [6.45, 7) is 9.66. The van der Waals surface area contributed by atoms with Crippen molar-refractivity contribution in [3.63, 3.8) is 0 Å². The summed E-state index contributed by atoms with van der Waals surface area (Å²) in [5.74, 6) is 1.57. The number of guanidine groups is 1. The number of likely N-dealkylation sites (tertiary alicyclic amines) is 1. The van der Waals surface area contributed by atoms with Crippen LogP contribution in [0.4, 0.5) is 10.5 Å². The molecular formula is C22H38IN5O2. The number of nitrogens with one attached hydrogen (secondary N) is 3. The molecule has 8 heteroatoms. The lowest BCUT2D eigenvalue weighted by atomic mass is 9.97. The Bertz CT molecular complexity index is 665. The largest absolute Gasteiger partial charge is 0.444 e. The molecule has 0 spiro atoms. The maximum absolute atomic E-state index is 11.8. The first kappa shape index (κ1) is 26.5. The number of halogens is 1. The van der Waals surface area contributed by atoms with Crippen LogP contribution < -0.4 is 16.0 Å². The fourth-order valence-corrected chi connectivity index (χ4v) is 3.23. The summed E-state index contributed by atoms with van der Waals surface area (Å²) in [6.07, 6.45) is 2.92. The highest BCUT2D eigenvalue weighted by Crippen LogP contribution is 2.15. The lowest BCUT2D eigenvalue weighted by Gasteiger charge is -2.29. The Balaban J connectivity index is 0.00000450. The summed E-state index contributed by atoms with van der Waals surface area (Å²) in [7, 11) is 3.99.